The highest BCUT2D eigenvalue weighted by atomic mass is 19.1. The summed E-state index contributed by atoms with van der Waals surface area (Å²) in [6.07, 6.45) is -0.721. The second-order valence-electron chi connectivity index (χ2n) is 4.21. The Bertz CT molecular complexity index is 607. The lowest BCUT2D eigenvalue weighted by atomic mass is 10.1. The lowest BCUT2D eigenvalue weighted by Gasteiger charge is -2.20. The van der Waals surface area contributed by atoms with E-state index in [0.717, 1.165) is 0 Å². The SMILES string of the molecule is COc1ccc(C(NN)Oc2ccccc2F)cc1OC. The Morgan fingerprint density at radius 2 is 1.71 bits per heavy atom. The van der Waals surface area contributed by atoms with Crippen molar-refractivity contribution in [2.45, 2.75) is 6.23 Å². The van der Waals surface area contributed by atoms with Crippen LogP contribution in [0.4, 0.5) is 4.39 Å². The first-order valence-electron chi connectivity index (χ1n) is 6.28. The first-order valence-corrected chi connectivity index (χ1v) is 6.28. The molecule has 0 radical (unpaired) electrons. The molecular weight excluding hydrogens is 275 g/mol. The summed E-state index contributed by atoms with van der Waals surface area (Å²) in [5, 5.41) is 0. The van der Waals surface area contributed by atoms with Gasteiger partial charge in [-0.25, -0.2) is 9.82 Å². The number of nitrogens with one attached hydrogen (secondary N) is 1. The van der Waals surface area contributed by atoms with Crippen molar-refractivity contribution < 1.29 is 18.6 Å². The first kappa shape index (κ1) is 15.1. The van der Waals surface area contributed by atoms with E-state index in [2.05, 4.69) is 5.43 Å². The summed E-state index contributed by atoms with van der Waals surface area (Å²) in [5.74, 6) is 6.26. The van der Waals surface area contributed by atoms with Crippen molar-refractivity contribution in [1.29, 1.82) is 0 Å². The number of halogens is 1. The van der Waals surface area contributed by atoms with E-state index >= 15 is 0 Å². The minimum absolute atomic E-state index is 0.107. The Labute approximate surface area is 122 Å². The summed E-state index contributed by atoms with van der Waals surface area (Å²) in [6.45, 7) is 0. The van der Waals surface area contributed by atoms with Gasteiger partial charge in [-0.2, -0.15) is 0 Å². The number of hydrogen-bond acceptors (Lipinski definition) is 5. The molecule has 0 aliphatic carbocycles. The maximum Gasteiger partial charge on any atom is 0.188 e. The fourth-order valence-electron chi connectivity index (χ4n) is 1.88. The fraction of sp³-hybridized carbons (Fsp3) is 0.200. The van der Waals surface area contributed by atoms with Crippen LogP contribution in [0.3, 0.4) is 0 Å². The number of hydrogen-bond donors (Lipinski definition) is 2. The molecule has 6 heteroatoms. The Morgan fingerprint density at radius 1 is 1.00 bits per heavy atom. The van der Waals surface area contributed by atoms with Crippen molar-refractivity contribution in [3.05, 3.63) is 53.8 Å². The van der Waals surface area contributed by atoms with Gasteiger partial charge in [0.05, 0.1) is 14.2 Å². The zero-order chi connectivity index (χ0) is 15.2. The van der Waals surface area contributed by atoms with Gasteiger partial charge < -0.3 is 14.2 Å². The van der Waals surface area contributed by atoms with Crippen LogP contribution in [-0.2, 0) is 0 Å². The van der Waals surface area contributed by atoms with E-state index in [-0.39, 0.29) is 5.75 Å². The number of para-hydroxylation sites is 1. The molecule has 0 fully saturated rings. The molecule has 2 aromatic carbocycles. The molecule has 21 heavy (non-hydrogen) atoms. The second kappa shape index (κ2) is 6.92. The van der Waals surface area contributed by atoms with Gasteiger partial charge in [-0.1, -0.05) is 12.1 Å². The number of nitrogens with two attached hydrogens (primary N) is 1. The van der Waals surface area contributed by atoms with Crippen LogP contribution in [-0.4, -0.2) is 14.2 Å². The molecule has 112 valence electrons. The minimum atomic E-state index is -0.721. The van der Waals surface area contributed by atoms with E-state index in [4.69, 9.17) is 20.1 Å². The Kier molecular flexibility index (Phi) is 4.97. The molecule has 0 aromatic heterocycles. The summed E-state index contributed by atoms with van der Waals surface area (Å²) in [5.41, 5.74) is 3.18. The van der Waals surface area contributed by atoms with Crippen LogP contribution in [0, 0.1) is 5.82 Å². The largest absolute Gasteiger partial charge is 0.493 e. The minimum Gasteiger partial charge on any atom is -0.493 e. The average molecular weight is 292 g/mol. The number of hydrazine groups is 1. The molecule has 1 atom stereocenters. The van der Waals surface area contributed by atoms with Gasteiger partial charge in [0.25, 0.3) is 0 Å². The van der Waals surface area contributed by atoms with Crippen LogP contribution in [0.1, 0.15) is 11.8 Å². The number of methoxy groups -OCH3 is 2. The van der Waals surface area contributed by atoms with Gasteiger partial charge in [-0.05, 0) is 30.3 Å². The third-order valence-corrected chi connectivity index (χ3v) is 2.94. The third-order valence-electron chi connectivity index (χ3n) is 2.94. The van der Waals surface area contributed by atoms with Crippen LogP contribution < -0.4 is 25.5 Å². The normalized spacial score (nSPS) is 11.8. The molecule has 0 saturated heterocycles. The van der Waals surface area contributed by atoms with E-state index in [0.29, 0.717) is 17.1 Å². The third kappa shape index (κ3) is 3.42. The van der Waals surface area contributed by atoms with Gasteiger partial charge in [-0.15, -0.1) is 0 Å². The molecule has 5 nitrogen and oxygen atoms in total. The quantitative estimate of drug-likeness (QED) is 0.486. The standard InChI is InChI=1S/C15H17FN2O3/c1-19-13-8-7-10(9-14(13)20-2)15(18-17)21-12-6-4-3-5-11(12)16/h3-9,15,18H,17H2,1-2H3. The number of rotatable bonds is 6. The zero-order valence-corrected chi connectivity index (χ0v) is 11.8. The lowest BCUT2D eigenvalue weighted by molar-refractivity contribution is 0.159. The number of benzene rings is 2. The molecule has 0 amide bonds. The van der Waals surface area contributed by atoms with Crippen molar-refractivity contribution in [3.8, 4) is 17.2 Å². The Balaban J connectivity index is 2.27. The van der Waals surface area contributed by atoms with E-state index in [1.165, 1.54) is 19.2 Å². The average Bonchev–Trinajstić information content (AvgIpc) is 2.53. The summed E-state index contributed by atoms with van der Waals surface area (Å²) in [6, 6.07) is 11.3. The van der Waals surface area contributed by atoms with Crippen molar-refractivity contribution in [2.24, 2.45) is 5.84 Å². The van der Waals surface area contributed by atoms with Crippen molar-refractivity contribution in [1.82, 2.24) is 5.43 Å². The van der Waals surface area contributed by atoms with Crippen LogP contribution in [0.25, 0.3) is 0 Å². The molecule has 0 saturated carbocycles. The van der Waals surface area contributed by atoms with E-state index in [9.17, 15) is 4.39 Å². The second-order valence-corrected chi connectivity index (χ2v) is 4.21. The molecular formula is C15H17FN2O3. The van der Waals surface area contributed by atoms with E-state index in [1.54, 1.807) is 37.4 Å². The van der Waals surface area contributed by atoms with Gasteiger partial charge >= 0.3 is 0 Å². The van der Waals surface area contributed by atoms with Gasteiger partial charge in [-0.3, -0.25) is 5.84 Å². The Hall–Kier alpha value is -2.31. The van der Waals surface area contributed by atoms with Gasteiger partial charge in [0.1, 0.15) is 0 Å². The van der Waals surface area contributed by atoms with Gasteiger partial charge in [0.2, 0.25) is 0 Å². The molecule has 1 unspecified atom stereocenters. The van der Waals surface area contributed by atoms with E-state index in [1.807, 2.05) is 0 Å². The van der Waals surface area contributed by atoms with Gasteiger partial charge in [0, 0.05) is 5.56 Å². The predicted octanol–water partition coefficient (Wildman–Crippen LogP) is 2.38. The predicted molar refractivity (Wildman–Crippen MR) is 76.6 cm³/mol. The molecule has 2 rings (SSSR count). The number of ether oxygens (including phenoxy) is 3. The Morgan fingerprint density at radius 3 is 2.33 bits per heavy atom. The maximum atomic E-state index is 13.6. The van der Waals surface area contributed by atoms with E-state index < -0.39 is 12.0 Å². The summed E-state index contributed by atoms with van der Waals surface area (Å²) >= 11 is 0. The first-order chi connectivity index (χ1) is 10.2. The smallest absolute Gasteiger partial charge is 0.188 e. The molecule has 0 bridgehead atoms. The maximum absolute atomic E-state index is 13.6. The summed E-state index contributed by atoms with van der Waals surface area (Å²) in [7, 11) is 3.08. The summed E-state index contributed by atoms with van der Waals surface area (Å²) < 4.78 is 29.6. The molecule has 0 aliphatic heterocycles. The zero-order valence-electron chi connectivity index (χ0n) is 11.8. The van der Waals surface area contributed by atoms with Crippen LogP contribution in [0.5, 0.6) is 17.2 Å². The highest BCUT2D eigenvalue weighted by Crippen LogP contribution is 2.31. The lowest BCUT2D eigenvalue weighted by Crippen LogP contribution is -2.32. The van der Waals surface area contributed by atoms with Crippen molar-refractivity contribution in [3.63, 3.8) is 0 Å². The highest BCUT2D eigenvalue weighted by molar-refractivity contribution is 5.43. The van der Waals surface area contributed by atoms with Gasteiger partial charge in [0.15, 0.2) is 29.3 Å². The van der Waals surface area contributed by atoms with Crippen LogP contribution in [0.15, 0.2) is 42.5 Å². The summed E-state index contributed by atoms with van der Waals surface area (Å²) in [4.78, 5) is 0. The highest BCUT2D eigenvalue weighted by Gasteiger charge is 2.16. The fourth-order valence-corrected chi connectivity index (χ4v) is 1.88. The molecule has 3 N–H and O–H groups in total. The molecule has 0 heterocycles. The molecule has 0 spiro atoms. The van der Waals surface area contributed by atoms with Crippen LogP contribution in [0.2, 0.25) is 0 Å². The topological polar surface area (TPSA) is 65.7 Å². The molecule has 0 aliphatic rings. The molecule has 2 aromatic rings. The van der Waals surface area contributed by atoms with Crippen molar-refractivity contribution >= 4 is 0 Å². The monoisotopic (exact) mass is 292 g/mol. The van der Waals surface area contributed by atoms with Crippen molar-refractivity contribution in [2.75, 3.05) is 14.2 Å². The van der Waals surface area contributed by atoms with Crippen LogP contribution >= 0.6 is 0 Å².